The van der Waals surface area contributed by atoms with Gasteiger partial charge in [-0.1, -0.05) is 18.2 Å². The lowest BCUT2D eigenvalue weighted by atomic mass is 10.0. The van der Waals surface area contributed by atoms with Crippen LogP contribution in [-0.4, -0.2) is 30.8 Å². The molecule has 0 aromatic heterocycles. The summed E-state index contributed by atoms with van der Waals surface area (Å²) in [7, 11) is 0. The topological polar surface area (TPSA) is 58.6 Å². The van der Waals surface area contributed by atoms with Crippen LogP contribution >= 0.6 is 12.4 Å². The summed E-state index contributed by atoms with van der Waals surface area (Å²) in [5.41, 5.74) is 1.14. The van der Waals surface area contributed by atoms with E-state index < -0.39 is 5.97 Å². The lowest BCUT2D eigenvalue weighted by Crippen LogP contribution is -2.35. The Morgan fingerprint density at radius 2 is 2.19 bits per heavy atom. The van der Waals surface area contributed by atoms with E-state index in [2.05, 4.69) is 5.32 Å². The minimum atomic E-state index is -0.891. The van der Waals surface area contributed by atoms with E-state index in [0.29, 0.717) is 18.8 Å². The molecule has 0 aliphatic carbocycles. The molecule has 1 heterocycles. The van der Waals surface area contributed by atoms with Crippen molar-refractivity contribution in [1.29, 1.82) is 0 Å². The maximum Gasteiger partial charge on any atom is 0.336 e. The first kappa shape index (κ1) is 13.0. The van der Waals surface area contributed by atoms with Crippen molar-refractivity contribution in [2.45, 2.75) is 6.04 Å². The number of aromatic carboxylic acids is 1. The van der Waals surface area contributed by atoms with Gasteiger partial charge in [0, 0.05) is 6.54 Å². The van der Waals surface area contributed by atoms with Crippen molar-refractivity contribution >= 4 is 18.4 Å². The van der Waals surface area contributed by atoms with Crippen LogP contribution in [0.5, 0.6) is 0 Å². The van der Waals surface area contributed by atoms with Gasteiger partial charge in [0.2, 0.25) is 0 Å². The van der Waals surface area contributed by atoms with E-state index in [9.17, 15) is 4.79 Å². The Balaban J connectivity index is 0.00000128. The largest absolute Gasteiger partial charge is 0.478 e. The highest BCUT2D eigenvalue weighted by Crippen LogP contribution is 2.20. The first-order valence-corrected chi connectivity index (χ1v) is 4.92. The number of carbonyl (C=O) groups is 1. The third-order valence-corrected chi connectivity index (χ3v) is 2.49. The molecule has 1 atom stereocenters. The van der Waals surface area contributed by atoms with Crippen LogP contribution in [0.4, 0.5) is 0 Å². The maximum absolute atomic E-state index is 11.0. The number of hydrogen-bond donors (Lipinski definition) is 2. The number of carboxylic acids is 1. The lowest BCUT2D eigenvalue weighted by Gasteiger charge is -2.25. The summed E-state index contributed by atoms with van der Waals surface area (Å²) >= 11 is 0. The van der Waals surface area contributed by atoms with Crippen LogP contribution in [-0.2, 0) is 4.74 Å². The third-order valence-electron chi connectivity index (χ3n) is 2.49. The van der Waals surface area contributed by atoms with Gasteiger partial charge in [-0.2, -0.15) is 0 Å². The Morgan fingerprint density at radius 3 is 2.81 bits per heavy atom. The molecule has 2 rings (SSSR count). The summed E-state index contributed by atoms with van der Waals surface area (Å²) in [5.74, 6) is -0.891. The maximum atomic E-state index is 11.0. The average Bonchev–Trinajstić information content (AvgIpc) is 2.30. The van der Waals surface area contributed by atoms with Crippen molar-refractivity contribution in [3.63, 3.8) is 0 Å². The number of hydrogen-bond acceptors (Lipinski definition) is 3. The average molecular weight is 244 g/mol. The summed E-state index contributed by atoms with van der Waals surface area (Å²) < 4.78 is 5.32. The number of halogens is 1. The van der Waals surface area contributed by atoms with Crippen molar-refractivity contribution in [3.8, 4) is 0 Å². The summed E-state index contributed by atoms with van der Waals surface area (Å²) in [4.78, 5) is 11.0. The smallest absolute Gasteiger partial charge is 0.336 e. The van der Waals surface area contributed by atoms with Crippen molar-refractivity contribution < 1.29 is 14.6 Å². The molecule has 1 aliphatic rings. The van der Waals surface area contributed by atoms with Crippen LogP contribution < -0.4 is 5.32 Å². The van der Waals surface area contributed by atoms with E-state index in [1.165, 1.54) is 0 Å². The molecule has 16 heavy (non-hydrogen) atoms. The first-order valence-electron chi connectivity index (χ1n) is 4.92. The van der Waals surface area contributed by atoms with Gasteiger partial charge in [0.05, 0.1) is 24.8 Å². The van der Waals surface area contributed by atoms with Crippen LogP contribution in [0.15, 0.2) is 24.3 Å². The van der Waals surface area contributed by atoms with E-state index in [-0.39, 0.29) is 18.4 Å². The number of benzene rings is 1. The quantitative estimate of drug-likeness (QED) is 0.826. The predicted octanol–water partition coefficient (Wildman–Crippen LogP) is 1.47. The Bertz CT molecular complexity index is 364. The minimum absolute atomic E-state index is 0. The molecule has 0 unspecified atom stereocenters. The molecule has 2 N–H and O–H groups in total. The van der Waals surface area contributed by atoms with E-state index >= 15 is 0 Å². The Labute approximate surface area is 100 Å². The zero-order valence-electron chi connectivity index (χ0n) is 8.68. The number of carboxylic acid groups (broad SMARTS) is 1. The molecule has 1 aromatic carbocycles. The molecule has 5 heteroatoms. The van der Waals surface area contributed by atoms with Gasteiger partial charge in [-0.25, -0.2) is 4.79 Å². The molecule has 1 saturated heterocycles. The van der Waals surface area contributed by atoms with Gasteiger partial charge in [-0.05, 0) is 11.6 Å². The van der Waals surface area contributed by atoms with Crippen LogP contribution in [0.3, 0.4) is 0 Å². The van der Waals surface area contributed by atoms with Gasteiger partial charge in [0.15, 0.2) is 0 Å². The summed E-state index contributed by atoms with van der Waals surface area (Å²) in [6.45, 7) is 1.98. The SMILES string of the molecule is Cl.O=C(O)c1ccccc1[C@H]1COCCN1. The summed E-state index contributed by atoms with van der Waals surface area (Å²) in [6.07, 6.45) is 0. The number of ether oxygens (including phenoxy) is 1. The van der Waals surface area contributed by atoms with Gasteiger partial charge in [0.25, 0.3) is 0 Å². The number of rotatable bonds is 2. The highest BCUT2D eigenvalue weighted by Gasteiger charge is 2.20. The van der Waals surface area contributed by atoms with Crippen LogP contribution in [0, 0.1) is 0 Å². The summed E-state index contributed by atoms with van der Waals surface area (Å²) in [6, 6.07) is 7.02. The Kier molecular flexibility index (Phi) is 4.73. The first-order chi connectivity index (χ1) is 7.29. The molecule has 0 bridgehead atoms. The number of morpholine rings is 1. The molecule has 1 aromatic rings. The van der Waals surface area contributed by atoms with Crippen molar-refractivity contribution in [2.24, 2.45) is 0 Å². The van der Waals surface area contributed by atoms with Gasteiger partial charge in [0.1, 0.15) is 0 Å². The van der Waals surface area contributed by atoms with Gasteiger partial charge in [-0.3, -0.25) is 0 Å². The molecule has 4 nitrogen and oxygen atoms in total. The van der Waals surface area contributed by atoms with E-state index in [0.717, 1.165) is 12.1 Å². The highest BCUT2D eigenvalue weighted by molar-refractivity contribution is 5.89. The Morgan fingerprint density at radius 1 is 1.44 bits per heavy atom. The second-order valence-electron chi connectivity index (χ2n) is 3.47. The third kappa shape index (κ3) is 2.72. The van der Waals surface area contributed by atoms with Crippen LogP contribution in [0.2, 0.25) is 0 Å². The monoisotopic (exact) mass is 243 g/mol. The molecule has 0 amide bonds. The van der Waals surface area contributed by atoms with Crippen molar-refractivity contribution in [1.82, 2.24) is 5.32 Å². The predicted molar refractivity (Wildman–Crippen MR) is 62.2 cm³/mol. The van der Waals surface area contributed by atoms with Crippen molar-refractivity contribution in [2.75, 3.05) is 19.8 Å². The Hall–Kier alpha value is -1.10. The normalized spacial score (nSPS) is 19.9. The van der Waals surface area contributed by atoms with Gasteiger partial charge < -0.3 is 15.2 Å². The second kappa shape index (κ2) is 5.84. The molecule has 88 valence electrons. The molecule has 1 aliphatic heterocycles. The van der Waals surface area contributed by atoms with Crippen LogP contribution in [0.1, 0.15) is 22.0 Å². The van der Waals surface area contributed by atoms with Crippen LogP contribution in [0.25, 0.3) is 0 Å². The lowest BCUT2D eigenvalue weighted by molar-refractivity contribution is 0.0673. The number of nitrogens with one attached hydrogen (secondary N) is 1. The van der Waals surface area contributed by atoms with E-state index in [1.54, 1.807) is 12.1 Å². The highest BCUT2D eigenvalue weighted by atomic mass is 35.5. The van der Waals surface area contributed by atoms with Gasteiger partial charge >= 0.3 is 5.97 Å². The molecule has 0 radical (unpaired) electrons. The van der Waals surface area contributed by atoms with E-state index in [1.807, 2.05) is 12.1 Å². The molecular formula is C11H14ClNO3. The fourth-order valence-corrected chi connectivity index (χ4v) is 1.76. The molecule has 0 saturated carbocycles. The fourth-order valence-electron chi connectivity index (χ4n) is 1.76. The van der Waals surface area contributed by atoms with Gasteiger partial charge in [-0.15, -0.1) is 12.4 Å². The minimum Gasteiger partial charge on any atom is -0.478 e. The van der Waals surface area contributed by atoms with Crippen molar-refractivity contribution in [3.05, 3.63) is 35.4 Å². The zero-order chi connectivity index (χ0) is 10.7. The second-order valence-corrected chi connectivity index (χ2v) is 3.47. The zero-order valence-corrected chi connectivity index (χ0v) is 9.50. The molecule has 0 spiro atoms. The standard InChI is InChI=1S/C11H13NO3.ClH/c13-11(14)9-4-2-1-3-8(9)10-7-15-6-5-12-10;/h1-4,10,12H,5-7H2,(H,13,14);1H/t10-;/m1./s1. The molecule has 1 fully saturated rings. The van der Waals surface area contributed by atoms with E-state index in [4.69, 9.17) is 9.84 Å². The molecular weight excluding hydrogens is 230 g/mol. The fraction of sp³-hybridized carbons (Fsp3) is 0.364. The summed E-state index contributed by atoms with van der Waals surface area (Å²) in [5, 5.41) is 12.3.